The highest BCUT2D eigenvalue weighted by atomic mass is 31.2. The summed E-state index contributed by atoms with van der Waals surface area (Å²) in [4.78, 5) is 72.6. The molecule has 0 aliphatic carbocycles. The van der Waals surface area contributed by atoms with Crippen molar-refractivity contribution >= 4 is 39.5 Å². The largest absolute Gasteiger partial charge is 0.472 e. The number of carbonyl (C=O) groups excluding carboxylic acids is 4. The summed E-state index contributed by atoms with van der Waals surface area (Å²) in [6.45, 7) is 14.1. The van der Waals surface area contributed by atoms with Crippen molar-refractivity contribution in [2.75, 3.05) is 39.6 Å². The van der Waals surface area contributed by atoms with E-state index in [1.807, 2.05) is 0 Å². The molecule has 0 rings (SSSR count). The smallest absolute Gasteiger partial charge is 0.462 e. The van der Waals surface area contributed by atoms with Crippen LogP contribution in [0.5, 0.6) is 0 Å². The van der Waals surface area contributed by atoms with Gasteiger partial charge in [0.1, 0.15) is 19.3 Å². The van der Waals surface area contributed by atoms with Crippen LogP contribution in [0.25, 0.3) is 0 Å². The summed E-state index contributed by atoms with van der Waals surface area (Å²) >= 11 is 0. The Morgan fingerprint density at radius 2 is 0.527 bits per heavy atom. The fourth-order valence-corrected chi connectivity index (χ4v) is 12.4. The third-order valence-electron chi connectivity index (χ3n) is 17.3. The molecule has 91 heavy (non-hydrogen) atoms. The van der Waals surface area contributed by atoms with Gasteiger partial charge in [-0.3, -0.25) is 37.3 Å². The highest BCUT2D eigenvalue weighted by molar-refractivity contribution is 7.47. The maximum absolute atomic E-state index is 13.0. The summed E-state index contributed by atoms with van der Waals surface area (Å²) in [6, 6.07) is 0. The summed E-state index contributed by atoms with van der Waals surface area (Å²) in [5, 5.41) is 10.6. The third kappa shape index (κ3) is 63.9. The number of phosphoric acid groups is 2. The van der Waals surface area contributed by atoms with E-state index in [0.29, 0.717) is 31.6 Å². The van der Waals surface area contributed by atoms with Crippen LogP contribution in [0, 0.1) is 23.7 Å². The molecule has 0 aromatic heterocycles. The fourth-order valence-electron chi connectivity index (χ4n) is 10.8. The monoisotopic (exact) mass is 1340 g/mol. The van der Waals surface area contributed by atoms with Gasteiger partial charge in [0.15, 0.2) is 12.2 Å². The van der Waals surface area contributed by atoms with Crippen molar-refractivity contribution in [1.82, 2.24) is 0 Å². The number of aliphatic hydroxyl groups is 1. The lowest BCUT2D eigenvalue weighted by Crippen LogP contribution is -2.30. The van der Waals surface area contributed by atoms with Gasteiger partial charge in [-0.2, -0.15) is 0 Å². The molecule has 0 aliphatic heterocycles. The minimum absolute atomic E-state index is 0.105. The molecular weight excluding hydrogens is 1200 g/mol. The third-order valence-corrected chi connectivity index (χ3v) is 19.2. The van der Waals surface area contributed by atoms with Gasteiger partial charge in [-0.15, -0.1) is 0 Å². The van der Waals surface area contributed by atoms with E-state index < -0.39 is 97.5 Å². The zero-order chi connectivity index (χ0) is 67.5. The number of esters is 4. The summed E-state index contributed by atoms with van der Waals surface area (Å²) in [7, 11) is -9.91. The van der Waals surface area contributed by atoms with Crippen LogP contribution in [0.4, 0.5) is 0 Å². The maximum atomic E-state index is 13.0. The normalized spacial score (nSPS) is 14.8. The van der Waals surface area contributed by atoms with Gasteiger partial charge in [-0.05, 0) is 49.4 Å². The number of hydrogen-bond acceptors (Lipinski definition) is 15. The fraction of sp³-hybridized carbons (Fsp3) is 0.944. The number of aliphatic hydroxyl groups excluding tert-OH is 1. The Labute approximate surface area is 556 Å². The first-order valence-corrected chi connectivity index (χ1v) is 40.3. The van der Waals surface area contributed by atoms with Crippen molar-refractivity contribution in [3.8, 4) is 0 Å². The molecule has 4 unspecified atom stereocenters. The SMILES string of the molecule is CCC(C)CCCCCCCCCCCCC(=O)O[C@H](COC(=O)CCCCCCCCCC(C)C)COP(=O)(O)OC[C@@H](O)COP(=O)(O)OC[C@@H](COC(=O)CCCCCCCCC(C)CC)OC(=O)CCCCCCCCCCCCCCCCC(C)C. The zero-order valence-corrected chi connectivity index (χ0v) is 61.3. The minimum atomic E-state index is -4.95. The average molecular weight is 1340 g/mol. The van der Waals surface area contributed by atoms with Gasteiger partial charge in [0.2, 0.25) is 0 Å². The molecule has 0 bridgehead atoms. The highest BCUT2D eigenvalue weighted by Crippen LogP contribution is 2.45. The predicted octanol–water partition coefficient (Wildman–Crippen LogP) is 20.5. The highest BCUT2D eigenvalue weighted by Gasteiger charge is 2.30. The average Bonchev–Trinajstić information content (AvgIpc) is 3.69. The summed E-state index contributed by atoms with van der Waals surface area (Å²) in [5.74, 6) is 0.906. The van der Waals surface area contributed by atoms with Crippen LogP contribution < -0.4 is 0 Å². The number of phosphoric ester groups is 2. The molecule has 0 amide bonds. The standard InChI is InChI=1S/C72H140O17P2/c1-9-64(7)50-42-34-26-20-17-18-22-28-39-47-55-72(77)88-67(58-82-69(74)52-44-36-29-23-25-33-41-49-63(5)6)60-86-90(78,79)84-56-66(73)57-85-91(80,81)87-61-68(59-83-70(75)53-45-37-31-30-35-43-51-65(8)10-2)89-71(76)54-46-38-27-21-16-14-12-11-13-15-19-24-32-40-48-62(3)4/h62-68,73H,9-61H2,1-8H3,(H,78,79)(H,80,81)/t64?,65?,66-,67-,68-/m1/s1. The van der Waals surface area contributed by atoms with E-state index >= 15 is 0 Å². The summed E-state index contributed by atoms with van der Waals surface area (Å²) in [6.07, 6.45) is 44.5. The molecule has 0 saturated heterocycles. The first kappa shape index (κ1) is 89.1. The predicted molar refractivity (Wildman–Crippen MR) is 367 cm³/mol. The minimum Gasteiger partial charge on any atom is -0.462 e. The van der Waals surface area contributed by atoms with Crippen molar-refractivity contribution in [2.45, 2.75) is 375 Å². The van der Waals surface area contributed by atoms with Crippen LogP contribution in [0.3, 0.4) is 0 Å². The van der Waals surface area contributed by atoms with E-state index in [1.165, 1.54) is 148 Å². The molecular formula is C72H140O17P2. The van der Waals surface area contributed by atoms with Gasteiger partial charge in [-0.25, -0.2) is 9.13 Å². The van der Waals surface area contributed by atoms with Crippen molar-refractivity contribution in [3.63, 3.8) is 0 Å². The number of unbranched alkanes of at least 4 members (excludes halogenated alkanes) is 33. The van der Waals surface area contributed by atoms with E-state index in [-0.39, 0.29) is 25.7 Å². The molecule has 0 radical (unpaired) electrons. The van der Waals surface area contributed by atoms with E-state index in [2.05, 4.69) is 55.4 Å². The Balaban J connectivity index is 5.24. The van der Waals surface area contributed by atoms with Crippen molar-refractivity contribution in [1.29, 1.82) is 0 Å². The van der Waals surface area contributed by atoms with Crippen LogP contribution in [0.15, 0.2) is 0 Å². The van der Waals surface area contributed by atoms with Crippen LogP contribution >= 0.6 is 15.6 Å². The van der Waals surface area contributed by atoms with Gasteiger partial charge in [0.25, 0.3) is 0 Å². The Morgan fingerprint density at radius 1 is 0.308 bits per heavy atom. The lowest BCUT2D eigenvalue weighted by atomic mass is 9.99. The van der Waals surface area contributed by atoms with Gasteiger partial charge < -0.3 is 33.8 Å². The Morgan fingerprint density at radius 3 is 0.780 bits per heavy atom. The van der Waals surface area contributed by atoms with Crippen LogP contribution in [0.2, 0.25) is 0 Å². The lowest BCUT2D eigenvalue weighted by molar-refractivity contribution is -0.161. The number of hydrogen-bond donors (Lipinski definition) is 3. The van der Waals surface area contributed by atoms with E-state index in [1.54, 1.807) is 0 Å². The van der Waals surface area contributed by atoms with E-state index in [9.17, 15) is 43.2 Å². The Bertz CT molecular complexity index is 1800. The number of carbonyl (C=O) groups is 4. The first-order valence-electron chi connectivity index (χ1n) is 37.3. The molecule has 0 heterocycles. The Hall–Kier alpha value is -1.94. The molecule has 540 valence electrons. The molecule has 7 atom stereocenters. The molecule has 19 heteroatoms. The zero-order valence-electron chi connectivity index (χ0n) is 59.5. The number of rotatable bonds is 69. The summed E-state index contributed by atoms with van der Waals surface area (Å²) < 4.78 is 68.3. The van der Waals surface area contributed by atoms with Crippen molar-refractivity contribution in [3.05, 3.63) is 0 Å². The second-order valence-electron chi connectivity index (χ2n) is 27.4. The lowest BCUT2D eigenvalue weighted by Gasteiger charge is -2.21. The van der Waals surface area contributed by atoms with Crippen molar-refractivity contribution < 1.29 is 80.2 Å². The van der Waals surface area contributed by atoms with E-state index in [4.69, 9.17) is 37.0 Å². The molecule has 0 aromatic carbocycles. The van der Waals surface area contributed by atoms with E-state index in [0.717, 1.165) is 120 Å². The molecule has 0 saturated carbocycles. The molecule has 0 spiro atoms. The summed E-state index contributed by atoms with van der Waals surface area (Å²) in [5.41, 5.74) is 0. The number of ether oxygens (including phenoxy) is 4. The van der Waals surface area contributed by atoms with Gasteiger partial charge in [0, 0.05) is 25.7 Å². The topological polar surface area (TPSA) is 237 Å². The molecule has 0 aliphatic rings. The van der Waals surface area contributed by atoms with Gasteiger partial charge in [0.05, 0.1) is 26.4 Å². The molecule has 0 fully saturated rings. The second kappa shape index (κ2) is 61.6. The van der Waals surface area contributed by atoms with Crippen molar-refractivity contribution in [2.24, 2.45) is 23.7 Å². The second-order valence-corrected chi connectivity index (χ2v) is 30.3. The molecule has 17 nitrogen and oxygen atoms in total. The van der Waals surface area contributed by atoms with Gasteiger partial charge >= 0.3 is 39.5 Å². The van der Waals surface area contributed by atoms with Crippen LogP contribution in [-0.4, -0.2) is 96.7 Å². The molecule has 0 aromatic rings. The van der Waals surface area contributed by atoms with Gasteiger partial charge in [-0.1, -0.05) is 306 Å². The molecule has 3 N–H and O–H groups in total. The quantitative estimate of drug-likeness (QED) is 0.0222. The first-order chi connectivity index (χ1) is 43.7. The Kier molecular flexibility index (Phi) is 60.3. The van der Waals surface area contributed by atoms with Crippen LogP contribution in [-0.2, 0) is 65.4 Å². The maximum Gasteiger partial charge on any atom is 0.472 e. The van der Waals surface area contributed by atoms with Crippen LogP contribution in [0.1, 0.15) is 357 Å².